The number of rotatable bonds is 9. The minimum atomic E-state index is -0.791. The van der Waals surface area contributed by atoms with Crippen molar-refractivity contribution < 1.29 is 19.1 Å². The first-order valence-corrected chi connectivity index (χ1v) is 14.8. The van der Waals surface area contributed by atoms with Gasteiger partial charge in [-0.1, -0.05) is 28.1 Å². The van der Waals surface area contributed by atoms with Crippen LogP contribution in [0.15, 0.2) is 57.8 Å². The Kier molecular flexibility index (Phi) is 10.2. The van der Waals surface area contributed by atoms with E-state index in [1.807, 2.05) is 45.0 Å². The Balaban J connectivity index is 1.36. The van der Waals surface area contributed by atoms with E-state index >= 15 is 0 Å². The van der Waals surface area contributed by atoms with Gasteiger partial charge in [-0.2, -0.15) is 5.10 Å². The van der Waals surface area contributed by atoms with Gasteiger partial charge in [-0.25, -0.2) is 14.7 Å². The molecule has 4 rings (SSSR count). The molecule has 11 nitrogen and oxygen atoms in total. The molecule has 1 aliphatic rings. The molecule has 42 heavy (non-hydrogen) atoms. The molecule has 12 heteroatoms. The summed E-state index contributed by atoms with van der Waals surface area (Å²) in [5, 5.41) is 15.0. The number of alkyl carbamates (subject to hydrolysis) is 1. The van der Waals surface area contributed by atoms with Crippen LogP contribution < -0.4 is 21.6 Å². The Bertz CT molecular complexity index is 1440. The SMILES string of the molecule is CC(C)(C)OC(=O)NC[C@H]1CC[C@H](C(=O)N[C@@H](Cc2cccc(Br)c2)C(=O)Nc2ccc(-c3n[nH]c(=O)[nH]3)cc2)CC1. The molecule has 0 radical (unpaired) electrons. The van der Waals surface area contributed by atoms with Crippen molar-refractivity contribution in [2.75, 3.05) is 11.9 Å². The van der Waals surface area contributed by atoms with E-state index in [-0.39, 0.29) is 23.7 Å². The second-order valence-corrected chi connectivity index (χ2v) is 12.5. The highest BCUT2D eigenvalue weighted by Crippen LogP contribution is 2.29. The van der Waals surface area contributed by atoms with Gasteiger partial charge in [0.15, 0.2) is 5.82 Å². The molecule has 0 spiro atoms. The molecule has 1 aliphatic carbocycles. The lowest BCUT2D eigenvalue weighted by Gasteiger charge is -2.29. The molecule has 1 atom stereocenters. The van der Waals surface area contributed by atoms with Gasteiger partial charge in [-0.3, -0.25) is 14.6 Å². The number of halogens is 1. The number of hydrogen-bond acceptors (Lipinski definition) is 6. The van der Waals surface area contributed by atoms with E-state index < -0.39 is 23.4 Å². The number of benzene rings is 2. The maximum absolute atomic E-state index is 13.4. The Morgan fingerprint density at radius 1 is 1.07 bits per heavy atom. The molecule has 224 valence electrons. The van der Waals surface area contributed by atoms with Gasteiger partial charge in [0.2, 0.25) is 11.8 Å². The summed E-state index contributed by atoms with van der Waals surface area (Å²) in [6, 6.07) is 13.7. The fourth-order valence-electron chi connectivity index (χ4n) is 4.92. The van der Waals surface area contributed by atoms with E-state index in [9.17, 15) is 19.2 Å². The van der Waals surface area contributed by atoms with Crippen LogP contribution in [-0.4, -0.2) is 51.3 Å². The summed E-state index contributed by atoms with van der Waals surface area (Å²) in [5.41, 5.74) is 1.18. The third-order valence-corrected chi connectivity index (χ3v) is 7.53. The van der Waals surface area contributed by atoms with Crippen molar-refractivity contribution in [3.63, 3.8) is 0 Å². The van der Waals surface area contributed by atoms with Crippen molar-refractivity contribution in [3.8, 4) is 11.4 Å². The van der Waals surface area contributed by atoms with Gasteiger partial charge in [-0.05, 0) is 94.3 Å². The van der Waals surface area contributed by atoms with Crippen molar-refractivity contribution in [1.82, 2.24) is 25.8 Å². The Labute approximate surface area is 252 Å². The van der Waals surface area contributed by atoms with Crippen molar-refractivity contribution in [1.29, 1.82) is 0 Å². The van der Waals surface area contributed by atoms with E-state index in [0.717, 1.165) is 22.9 Å². The molecule has 3 amide bonds. The van der Waals surface area contributed by atoms with Crippen molar-refractivity contribution >= 4 is 39.5 Å². The summed E-state index contributed by atoms with van der Waals surface area (Å²) < 4.78 is 6.19. The normalized spacial score (nSPS) is 17.6. The third kappa shape index (κ3) is 9.30. The van der Waals surface area contributed by atoms with Crippen LogP contribution in [0.5, 0.6) is 0 Å². The second-order valence-electron chi connectivity index (χ2n) is 11.6. The summed E-state index contributed by atoms with van der Waals surface area (Å²) >= 11 is 3.47. The number of hydrogen-bond donors (Lipinski definition) is 5. The molecule has 0 saturated heterocycles. The van der Waals surface area contributed by atoms with Gasteiger partial charge >= 0.3 is 11.8 Å². The maximum Gasteiger partial charge on any atom is 0.407 e. The van der Waals surface area contributed by atoms with Crippen LogP contribution in [0.1, 0.15) is 52.0 Å². The van der Waals surface area contributed by atoms with Crippen LogP contribution in [0.4, 0.5) is 10.5 Å². The summed E-state index contributed by atoms with van der Waals surface area (Å²) in [7, 11) is 0. The number of amides is 3. The number of anilines is 1. The molecule has 0 aliphatic heterocycles. The predicted octanol–water partition coefficient (Wildman–Crippen LogP) is 4.52. The molecule has 1 fully saturated rings. The van der Waals surface area contributed by atoms with Gasteiger partial charge in [0.1, 0.15) is 11.6 Å². The monoisotopic (exact) mass is 640 g/mol. The molecular weight excluding hydrogens is 604 g/mol. The van der Waals surface area contributed by atoms with Crippen LogP contribution in [0.25, 0.3) is 11.4 Å². The van der Waals surface area contributed by atoms with E-state index in [1.54, 1.807) is 24.3 Å². The van der Waals surface area contributed by atoms with Crippen molar-refractivity contribution in [2.24, 2.45) is 11.8 Å². The van der Waals surface area contributed by atoms with Crippen molar-refractivity contribution in [3.05, 3.63) is 69.1 Å². The van der Waals surface area contributed by atoms with Gasteiger partial charge in [0, 0.05) is 34.6 Å². The molecule has 0 bridgehead atoms. The number of nitrogens with zero attached hydrogens (tertiary/aromatic N) is 1. The van der Waals surface area contributed by atoms with Gasteiger partial charge < -0.3 is 20.7 Å². The number of carbonyl (C=O) groups excluding carboxylic acids is 3. The first-order chi connectivity index (χ1) is 19.9. The fraction of sp³-hybridized carbons (Fsp3) is 0.433. The zero-order valence-electron chi connectivity index (χ0n) is 24.0. The summed E-state index contributed by atoms with van der Waals surface area (Å²) in [6.45, 7) is 5.97. The van der Waals surface area contributed by atoms with Crippen LogP contribution >= 0.6 is 15.9 Å². The third-order valence-electron chi connectivity index (χ3n) is 7.04. The quantitative estimate of drug-likeness (QED) is 0.231. The number of aromatic nitrogens is 3. The first kappa shape index (κ1) is 31.0. The van der Waals surface area contributed by atoms with Crippen LogP contribution in [0.2, 0.25) is 0 Å². The molecule has 0 unspecified atom stereocenters. The van der Waals surface area contributed by atoms with E-state index in [4.69, 9.17) is 4.74 Å². The van der Waals surface area contributed by atoms with Crippen molar-refractivity contribution in [2.45, 2.75) is 64.5 Å². The largest absolute Gasteiger partial charge is 0.444 e. The molecule has 2 aromatic carbocycles. The molecule has 3 aromatic rings. The number of carbonyl (C=O) groups is 3. The Hall–Kier alpha value is -3.93. The summed E-state index contributed by atoms with van der Waals surface area (Å²) in [5.74, 6) is -0.0328. The molecular formula is C30H37BrN6O5. The van der Waals surface area contributed by atoms with Gasteiger partial charge in [0.25, 0.3) is 0 Å². The van der Waals surface area contributed by atoms with E-state index in [0.29, 0.717) is 42.9 Å². The lowest BCUT2D eigenvalue weighted by atomic mass is 9.81. The number of H-pyrrole nitrogens is 2. The maximum atomic E-state index is 13.4. The van der Waals surface area contributed by atoms with Crippen LogP contribution in [0, 0.1) is 11.8 Å². The highest BCUT2D eigenvalue weighted by Gasteiger charge is 2.30. The fourth-order valence-corrected chi connectivity index (χ4v) is 5.36. The first-order valence-electron chi connectivity index (χ1n) is 14.0. The minimum absolute atomic E-state index is 0.151. The number of ether oxygens (including phenoxy) is 1. The average Bonchev–Trinajstić information content (AvgIpc) is 3.37. The van der Waals surface area contributed by atoms with Crippen LogP contribution in [0.3, 0.4) is 0 Å². The molecule has 5 N–H and O–H groups in total. The van der Waals surface area contributed by atoms with Gasteiger partial charge in [-0.15, -0.1) is 0 Å². The summed E-state index contributed by atoms with van der Waals surface area (Å²) in [6.07, 6.45) is 2.82. The lowest BCUT2D eigenvalue weighted by molar-refractivity contribution is -0.130. The zero-order chi connectivity index (χ0) is 30.3. The Morgan fingerprint density at radius 3 is 2.40 bits per heavy atom. The van der Waals surface area contributed by atoms with E-state index in [2.05, 4.69) is 47.1 Å². The smallest absolute Gasteiger partial charge is 0.407 e. The lowest BCUT2D eigenvalue weighted by Crippen LogP contribution is -2.48. The number of aromatic amines is 2. The zero-order valence-corrected chi connectivity index (χ0v) is 25.5. The molecule has 1 aromatic heterocycles. The standard InChI is InChI=1S/C30H37BrN6O5/c1-30(2,3)42-29(41)32-17-18-7-9-21(10-8-18)26(38)34-24(16-19-5-4-6-22(31)15-19)27(39)33-23-13-11-20(12-14-23)25-35-28(40)37-36-25/h4-6,11-15,18,21,24H,7-10,16-17H2,1-3H3,(H,32,41)(H,33,39)(H,34,38)(H2,35,36,37,40)/t18-,21-,24-/m0/s1. The molecule has 1 saturated carbocycles. The topological polar surface area (TPSA) is 158 Å². The predicted molar refractivity (Wildman–Crippen MR) is 163 cm³/mol. The minimum Gasteiger partial charge on any atom is -0.444 e. The average molecular weight is 642 g/mol. The second kappa shape index (κ2) is 13.8. The van der Waals surface area contributed by atoms with E-state index in [1.165, 1.54) is 0 Å². The highest BCUT2D eigenvalue weighted by atomic mass is 79.9. The van der Waals surface area contributed by atoms with Crippen LogP contribution in [-0.2, 0) is 20.7 Å². The molecule has 1 heterocycles. The summed E-state index contributed by atoms with van der Waals surface area (Å²) in [4.78, 5) is 52.7. The highest BCUT2D eigenvalue weighted by molar-refractivity contribution is 9.10. The number of nitrogens with one attached hydrogen (secondary N) is 5. The Morgan fingerprint density at radius 2 is 1.79 bits per heavy atom. The van der Waals surface area contributed by atoms with Gasteiger partial charge in [0.05, 0.1) is 0 Å².